The van der Waals surface area contributed by atoms with Crippen LogP contribution in [0.4, 0.5) is 5.69 Å². The second-order valence-electron chi connectivity index (χ2n) is 6.12. The van der Waals surface area contributed by atoms with Crippen molar-refractivity contribution >= 4 is 21.7 Å². The molecule has 0 unspecified atom stereocenters. The van der Waals surface area contributed by atoms with Crippen molar-refractivity contribution in [3.8, 4) is 11.5 Å². The fourth-order valence-electron chi connectivity index (χ4n) is 2.98. The number of aryl methyl sites for hydroxylation is 3. The lowest BCUT2D eigenvalue weighted by atomic mass is 10.1. The molecule has 0 spiro atoms. The second-order valence-corrected chi connectivity index (χ2v) is 7.74. The predicted octanol–water partition coefficient (Wildman–Crippen LogP) is 3.30. The molecule has 0 heterocycles. The van der Waals surface area contributed by atoms with Crippen LogP contribution in [0.25, 0.3) is 0 Å². The molecule has 0 aliphatic heterocycles. The highest BCUT2D eigenvalue weighted by Gasteiger charge is 2.24. The Bertz CT molecular complexity index is 959. The van der Waals surface area contributed by atoms with Crippen LogP contribution >= 0.6 is 0 Å². The number of carbonyl (C=O) groups excluding carboxylic acids is 1. The lowest BCUT2D eigenvalue weighted by Gasteiger charge is -2.17. The van der Waals surface area contributed by atoms with Gasteiger partial charge in [-0.05, 0) is 44.9 Å². The Hall–Kier alpha value is -2.74. The van der Waals surface area contributed by atoms with Gasteiger partial charge in [-0.3, -0.25) is 4.72 Å². The van der Waals surface area contributed by atoms with Gasteiger partial charge in [0.1, 0.15) is 17.1 Å². The van der Waals surface area contributed by atoms with Gasteiger partial charge in [0, 0.05) is 6.07 Å². The van der Waals surface area contributed by atoms with Gasteiger partial charge in [-0.2, -0.15) is 0 Å². The van der Waals surface area contributed by atoms with Gasteiger partial charge in [0.25, 0.3) is 10.0 Å². The highest BCUT2D eigenvalue weighted by Crippen LogP contribution is 2.35. The van der Waals surface area contributed by atoms with Crippen LogP contribution in [0.1, 0.15) is 34.0 Å². The first kappa shape index (κ1) is 20.6. The van der Waals surface area contributed by atoms with Gasteiger partial charge in [0.15, 0.2) is 0 Å². The zero-order chi connectivity index (χ0) is 20.4. The molecule has 8 heteroatoms. The number of phenols is 1. The van der Waals surface area contributed by atoms with Crippen LogP contribution in [0.15, 0.2) is 29.2 Å². The Labute approximate surface area is 159 Å². The number of rotatable bonds is 6. The van der Waals surface area contributed by atoms with Gasteiger partial charge in [-0.15, -0.1) is 0 Å². The van der Waals surface area contributed by atoms with Crippen LogP contribution in [0, 0.1) is 20.8 Å². The standard InChI is InChI=1S/C19H23NO6S/c1-6-26-19(22)14-9-15(17(25-5)10-16(14)21)20-27(23,24)18-12(3)7-11(2)8-13(18)4/h7-10,20-21H,6H2,1-5H3. The van der Waals surface area contributed by atoms with E-state index in [1.54, 1.807) is 32.9 Å². The van der Waals surface area contributed by atoms with Crippen molar-refractivity contribution < 1.29 is 27.8 Å². The van der Waals surface area contributed by atoms with Gasteiger partial charge >= 0.3 is 5.97 Å². The smallest absolute Gasteiger partial charge is 0.341 e. The average Bonchev–Trinajstić information content (AvgIpc) is 2.54. The Morgan fingerprint density at radius 3 is 2.22 bits per heavy atom. The predicted molar refractivity (Wildman–Crippen MR) is 102 cm³/mol. The van der Waals surface area contributed by atoms with E-state index >= 15 is 0 Å². The molecule has 0 atom stereocenters. The van der Waals surface area contributed by atoms with Gasteiger partial charge in [0.2, 0.25) is 0 Å². The third-order valence-corrected chi connectivity index (χ3v) is 5.60. The highest BCUT2D eigenvalue weighted by molar-refractivity contribution is 7.92. The Morgan fingerprint density at radius 1 is 1.11 bits per heavy atom. The average molecular weight is 393 g/mol. The molecular weight excluding hydrogens is 370 g/mol. The Balaban J connectivity index is 2.55. The van der Waals surface area contributed by atoms with Crippen LogP contribution in [0.2, 0.25) is 0 Å². The summed E-state index contributed by atoms with van der Waals surface area (Å²) >= 11 is 0. The molecule has 0 fully saturated rings. The van der Waals surface area contributed by atoms with Gasteiger partial charge in [-0.25, -0.2) is 13.2 Å². The van der Waals surface area contributed by atoms with E-state index in [-0.39, 0.29) is 34.3 Å². The van der Waals surface area contributed by atoms with Crippen molar-refractivity contribution in [2.45, 2.75) is 32.6 Å². The molecule has 2 rings (SSSR count). The van der Waals surface area contributed by atoms with Crippen molar-refractivity contribution in [1.82, 2.24) is 0 Å². The molecular formula is C19H23NO6S. The van der Waals surface area contributed by atoms with E-state index in [9.17, 15) is 18.3 Å². The molecule has 0 aliphatic carbocycles. The number of hydrogen-bond donors (Lipinski definition) is 2. The number of ether oxygens (including phenoxy) is 2. The second kappa shape index (κ2) is 7.87. The molecule has 2 aromatic rings. The van der Waals surface area contributed by atoms with E-state index in [0.717, 1.165) is 5.56 Å². The van der Waals surface area contributed by atoms with E-state index in [1.807, 2.05) is 6.92 Å². The summed E-state index contributed by atoms with van der Waals surface area (Å²) in [5.41, 5.74) is 2.02. The van der Waals surface area contributed by atoms with Crippen molar-refractivity contribution in [3.63, 3.8) is 0 Å². The Kier molecular flexibility index (Phi) is 6.00. The van der Waals surface area contributed by atoms with Crippen molar-refractivity contribution in [2.75, 3.05) is 18.4 Å². The summed E-state index contributed by atoms with van der Waals surface area (Å²) in [5, 5.41) is 10.0. The molecule has 0 amide bonds. The van der Waals surface area contributed by atoms with Crippen LogP contribution < -0.4 is 9.46 Å². The summed E-state index contributed by atoms with van der Waals surface area (Å²) in [5.74, 6) is -1.05. The topological polar surface area (TPSA) is 102 Å². The van der Waals surface area contributed by atoms with Crippen molar-refractivity contribution in [3.05, 3.63) is 46.5 Å². The molecule has 27 heavy (non-hydrogen) atoms. The number of anilines is 1. The molecule has 0 radical (unpaired) electrons. The third kappa shape index (κ3) is 4.33. The quantitative estimate of drug-likeness (QED) is 0.577. The van der Waals surface area contributed by atoms with E-state index in [4.69, 9.17) is 9.47 Å². The highest BCUT2D eigenvalue weighted by atomic mass is 32.2. The number of methoxy groups -OCH3 is 1. The summed E-state index contributed by atoms with van der Waals surface area (Å²) < 4.78 is 38.4. The van der Waals surface area contributed by atoms with E-state index in [2.05, 4.69) is 4.72 Å². The number of carbonyl (C=O) groups is 1. The lowest BCUT2D eigenvalue weighted by molar-refractivity contribution is 0.0523. The van der Waals surface area contributed by atoms with E-state index in [1.165, 1.54) is 19.2 Å². The number of aromatic hydroxyl groups is 1. The van der Waals surface area contributed by atoms with Gasteiger partial charge in [0.05, 0.1) is 24.3 Å². The minimum absolute atomic E-state index is 0.0257. The number of benzene rings is 2. The molecule has 7 nitrogen and oxygen atoms in total. The number of phenolic OH excluding ortho intramolecular Hbond substituents is 1. The van der Waals surface area contributed by atoms with E-state index < -0.39 is 16.0 Å². The van der Waals surface area contributed by atoms with Crippen LogP contribution in [-0.4, -0.2) is 33.2 Å². The van der Waals surface area contributed by atoms with Crippen LogP contribution in [0.5, 0.6) is 11.5 Å². The summed E-state index contributed by atoms with van der Waals surface area (Å²) in [7, 11) is -2.62. The molecule has 146 valence electrons. The lowest BCUT2D eigenvalue weighted by Crippen LogP contribution is -2.17. The van der Waals surface area contributed by atoms with Gasteiger partial charge in [-0.1, -0.05) is 17.7 Å². The molecule has 0 aliphatic rings. The maximum absolute atomic E-state index is 13.0. The zero-order valence-corrected chi connectivity index (χ0v) is 16.7. The number of sulfonamides is 1. The van der Waals surface area contributed by atoms with E-state index in [0.29, 0.717) is 11.1 Å². The third-order valence-electron chi connectivity index (χ3n) is 3.93. The zero-order valence-electron chi connectivity index (χ0n) is 15.9. The summed E-state index contributed by atoms with van der Waals surface area (Å²) in [6, 6.07) is 5.92. The Morgan fingerprint density at radius 2 is 1.70 bits per heavy atom. The largest absolute Gasteiger partial charge is 0.507 e. The first-order valence-corrected chi connectivity index (χ1v) is 9.77. The molecule has 0 bridgehead atoms. The van der Waals surface area contributed by atoms with Crippen LogP contribution in [-0.2, 0) is 14.8 Å². The van der Waals surface area contributed by atoms with Crippen molar-refractivity contribution in [1.29, 1.82) is 0 Å². The molecule has 0 saturated carbocycles. The minimum atomic E-state index is -3.96. The normalized spacial score (nSPS) is 11.1. The molecule has 0 aromatic heterocycles. The van der Waals surface area contributed by atoms with Gasteiger partial charge < -0.3 is 14.6 Å². The summed E-state index contributed by atoms with van der Waals surface area (Å²) in [6.07, 6.45) is 0. The number of esters is 1. The first-order valence-electron chi connectivity index (χ1n) is 8.29. The maximum atomic E-state index is 13.0. The fourth-order valence-corrected chi connectivity index (χ4v) is 4.49. The molecule has 2 N–H and O–H groups in total. The monoisotopic (exact) mass is 393 g/mol. The maximum Gasteiger partial charge on any atom is 0.341 e. The minimum Gasteiger partial charge on any atom is -0.507 e. The van der Waals surface area contributed by atoms with Crippen LogP contribution in [0.3, 0.4) is 0 Å². The first-order chi connectivity index (χ1) is 12.6. The number of nitrogens with one attached hydrogen (secondary N) is 1. The molecule has 0 saturated heterocycles. The fraction of sp³-hybridized carbons (Fsp3) is 0.316. The summed E-state index contributed by atoms with van der Waals surface area (Å²) in [6.45, 7) is 7.07. The number of hydrogen-bond acceptors (Lipinski definition) is 6. The SMILES string of the molecule is CCOC(=O)c1cc(NS(=O)(=O)c2c(C)cc(C)cc2C)c(OC)cc1O. The van der Waals surface area contributed by atoms with Crippen molar-refractivity contribution in [2.24, 2.45) is 0 Å². The molecule has 2 aromatic carbocycles. The summed E-state index contributed by atoms with van der Waals surface area (Å²) in [4.78, 5) is 12.2.